The summed E-state index contributed by atoms with van der Waals surface area (Å²) in [5, 5.41) is 12.6. The molecule has 0 saturated carbocycles. The van der Waals surface area contributed by atoms with Crippen molar-refractivity contribution in [3.8, 4) is 0 Å². The van der Waals surface area contributed by atoms with Gasteiger partial charge in [-0.3, -0.25) is 4.79 Å². The molecule has 0 aromatic heterocycles. The molecule has 8 nitrogen and oxygen atoms in total. The maximum absolute atomic E-state index is 11.9. The smallest absolute Gasteiger partial charge is 0.319 e. The Morgan fingerprint density at radius 2 is 1.68 bits per heavy atom. The highest BCUT2D eigenvalue weighted by molar-refractivity contribution is 7.89. The van der Waals surface area contributed by atoms with E-state index >= 15 is 0 Å². The Labute approximate surface area is 145 Å². The summed E-state index contributed by atoms with van der Waals surface area (Å²) < 4.78 is 23.0. The standard InChI is InChI=1S/C16H18N4O4S/c1-11-7-8-13(9-14(11)25(17,23)24)19-15(21)10-18-16(22)20-12-5-3-2-4-6-12/h2-9H,10H2,1H3,(H,19,21)(H2,17,23,24)(H2,18,20,22). The maximum atomic E-state index is 11.9. The van der Waals surface area contributed by atoms with E-state index in [-0.39, 0.29) is 17.1 Å². The molecule has 0 aliphatic rings. The summed E-state index contributed by atoms with van der Waals surface area (Å²) in [4.78, 5) is 23.5. The second kappa shape index (κ2) is 7.77. The lowest BCUT2D eigenvalue weighted by Crippen LogP contribution is -2.35. The molecule has 25 heavy (non-hydrogen) atoms. The molecule has 0 fully saturated rings. The molecule has 0 atom stereocenters. The summed E-state index contributed by atoms with van der Waals surface area (Å²) >= 11 is 0. The zero-order valence-electron chi connectivity index (χ0n) is 13.4. The molecule has 0 radical (unpaired) electrons. The van der Waals surface area contributed by atoms with Gasteiger partial charge in [-0.2, -0.15) is 0 Å². The first kappa shape index (κ1) is 18.4. The summed E-state index contributed by atoms with van der Waals surface area (Å²) in [5.41, 5.74) is 1.34. The highest BCUT2D eigenvalue weighted by Crippen LogP contribution is 2.18. The molecule has 0 unspecified atom stereocenters. The highest BCUT2D eigenvalue weighted by Gasteiger charge is 2.13. The van der Waals surface area contributed by atoms with Crippen LogP contribution in [-0.4, -0.2) is 26.9 Å². The van der Waals surface area contributed by atoms with Crippen molar-refractivity contribution < 1.29 is 18.0 Å². The Bertz CT molecular complexity index is 882. The van der Waals surface area contributed by atoms with Crippen LogP contribution in [0.15, 0.2) is 53.4 Å². The molecule has 5 N–H and O–H groups in total. The van der Waals surface area contributed by atoms with Crippen molar-refractivity contribution >= 4 is 33.3 Å². The predicted octanol–water partition coefficient (Wildman–Crippen LogP) is 1.40. The van der Waals surface area contributed by atoms with Crippen LogP contribution in [0, 0.1) is 6.92 Å². The third kappa shape index (κ3) is 5.59. The van der Waals surface area contributed by atoms with Gasteiger partial charge in [0.2, 0.25) is 15.9 Å². The van der Waals surface area contributed by atoms with Gasteiger partial charge in [-0.05, 0) is 36.8 Å². The van der Waals surface area contributed by atoms with E-state index in [1.54, 1.807) is 37.3 Å². The SMILES string of the molecule is Cc1ccc(NC(=O)CNC(=O)Nc2ccccc2)cc1S(N)(=O)=O. The van der Waals surface area contributed by atoms with Gasteiger partial charge in [0, 0.05) is 11.4 Å². The molecule has 0 aliphatic carbocycles. The van der Waals surface area contributed by atoms with Gasteiger partial charge in [0.25, 0.3) is 0 Å². The molecular weight excluding hydrogens is 344 g/mol. The van der Waals surface area contributed by atoms with Gasteiger partial charge in [0.1, 0.15) is 0 Å². The van der Waals surface area contributed by atoms with Crippen LogP contribution in [0.5, 0.6) is 0 Å². The third-order valence-electron chi connectivity index (χ3n) is 3.22. The van der Waals surface area contributed by atoms with E-state index < -0.39 is 22.0 Å². The average Bonchev–Trinajstić information content (AvgIpc) is 2.55. The minimum atomic E-state index is -3.88. The molecule has 9 heteroatoms. The maximum Gasteiger partial charge on any atom is 0.319 e. The van der Waals surface area contributed by atoms with Crippen LogP contribution in [0.4, 0.5) is 16.2 Å². The zero-order valence-corrected chi connectivity index (χ0v) is 14.3. The quantitative estimate of drug-likeness (QED) is 0.640. The normalized spacial score (nSPS) is 10.8. The van der Waals surface area contributed by atoms with Crippen molar-refractivity contribution in [2.75, 3.05) is 17.2 Å². The number of carbonyl (C=O) groups excluding carboxylic acids is 2. The minimum absolute atomic E-state index is 0.0694. The third-order valence-corrected chi connectivity index (χ3v) is 4.27. The topological polar surface area (TPSA) is 130 Å². The number of nitrogens with one attached hydrogen (secondary N) is 3. The summed E-state index contributed by atoms with van der Waals surface area (Å²) in [7, 11) is -3.88. The molecule has 2 rings (SSSR count). The lowest BCUT2D eigenvalue weighted by molar-refractivity contribution is -0.115. The summed E-state index contributed by atoms with van der Waals surface area (Å²) in [6, 6.07) is 12.6. The Morgan fingerprint density at radius 1 is 1.00 bits per heavy atom. The largest absolute Gasteiger partial charge is 0.329 e. The van der Waals surface area contributed by atoms with E-state index in [1.807, 2.05) is 6.07 Å². The first-order valence-corrected chi connectivity index (χ1v) is 8.83. The number of hydrogen-bond acceptors (Lipinski definition) is 4. The van der Waals surface area contributed by atoms with Crippen LogP contribution < -0.4 is 21.1 Å². The van der Waals surface area contributed by atoms with E-state index in [0.29, 0.717) is 11.3 Å². The van der Waals surface area contributed by atoms with Crippen molar-refractivity contribution in [2.24, 2.45) is 5.14 Å². The molecule has 0 saturated heterocycles. The van der Waals surface area contributed by atoms with Crippen molar-refractivity contribution in [3.05, 3.63) is 54.1 Å². The highest BCUT2D eigenvalue weighted by atomic mass is 32.2. The van der Waals surface area contributed by atoms with Crippen LogP contribution >= 0.6 is 0 Å². The zero-order chi connectivity index (χ0) is 18.4. The van der Waals surface area contributed by atoms with E-state index in [0.717, 1.165) is 0 Å². The van der Waals surface area contributed by atoms with Crippen LogP contribution in [0.1, 0.15) is 5.56 Å². The number of amides is 3. The van der Waals surface area contributed by atoms with Crippen molar-refractivity contribution in [2.45, 2.75) is 11.8 Å². The number of para-hydroxylation sites is 1. The second-order valence-corrected chi connectivity index (χ2v) is 6.78. The number of rotatable bonds is 5. The van der Waals surface area contributed by atoms with Gasteiger partial charge in [0.15, 0.2) is 0 Å². The number of aryl methyl sites for hydroxylation is 1. The monoisotopic (exact) mass is 362 g/mol. The first-order chi connectivity index (χ1) is 11.8. The van der Waals surface area contributed by atoms with E-state index in [2.05, 4.69) is 16.0 Å². The molecular formula is C16H18N4O4S. The molecule has 132 valence electrons. The number of anilines is 2. The number of carbonyl (C=O) groups is 2. The van der Waals surface area contributed by atoms with Crippen LogP contribution in [-0.2, 0) is 14.8 Å². The molecule has 3 amide bonds. The lowest BCUT2D eigenvalue weighted by Gasteiger charge is -2.10. The Hall–Kier alpha value is -2.91. The number of urea groups is 1. The first-order valence-electron chi connectivity index (χ1n) is 7.29. The fourth-order valence-corrected chi connectivity index (χ4v) is 2.85. The summed E-state index contributed by atoms with van der Waals surface area (Å²) in [6.07, 6.45) is 0. The molecule has 0 aliphatic heterocycles. The number of primary sulfonamides is 1. The number of benzene rings is 2. The van der Waals surface area contributed by atoms with Crippen molar-refractivity contribution in [1.82, 2.24) is 5.32 Å². The van der Waals surface area contributed by atoms with E-state index in [4.69, 9.17) is 5.14 Å². The van der Waals surface area contributed by atoms with Gasteiger partial charge in [0.05, 0.1) is 11.4 Å². The molecule has 0 heterocycles. The van der Waals surface area contributed by atoms with Crippen LogP contribution in [0.2, 0.25) is 0 Å². The second-order valence-electron chi connectivity index (χ2n) is 5.25. The number of nitrogens with two attached hydrogens (primary N) is 1. The van der Waals surface area contributed by atoms with Crippen LogP contribution in [0.3, 0.4) is 0 Å². The van der Waals surface area contributed by atoms with Gasteiger partial charge >= 0.3 is 6.03 Å². The number of hydrogen-bond donors (Lipinski definition) is 4. The minimum Gasteiger partial charge on any atom is -0.329 e. The van der Waals surface area contributed by atoms with E-state index in [1.165, 1.54) is 12.1 Å². The van der Waals surface area contributed by atoms with Crippen LogP contribution in [0.25, 0.3) is 0 Å². The molecule has 2 aromatic rings. The number of sulfonamides is 1. The average molecular weight is 362 g/mol. The predicted molar refractivity (Wildman–Crippen MR) is 94.6 cm³/mol. The molecule has 0 spiro atoms. The van der Waals surface area contributed by atoms with Gasteiger partial charge < -0.3 is 16.0 Å². The lowest BCUT2D eigenvalue weighted by atomic mass is 10.2. The summed E-state index contributed by atoms with van der Waals surface area (Å²) in [5.74, 6) is -0.507. The Morgan fingerprint density at radius 3 is 2.32 bits per heavy atom. The van der Waals surface area contributed by atoms with Gasteiger partial charge in [-0.15, -0.1) is 0 Å². The fraction of sp³-hybridized carbons (Fsp3) is 0.125. The molecule has 2 aromatic carbocycles. The molecule has 0 bridgehead atoms. The van der Waals surface area contributed by atoms with Crippen molar-refractivity contribution in [3.63, 3.8) is 0 Å². The van der Waals surface area contributed by atoms with Gasteiger partial charge in [-0.25, -0.2) is 18.4 Å². The Kier molecular flexibility index (Phi) is 5.73. The van der Waals surface area contributed by atoms with Gasteiger partial charge in [-0.1, -0.05) is 24.3 Å². The Balaban J connectivity index is 1.91. The van der Waals surface area contributed by atoms with Crippen molar-refractivity contribution in [1.29, 1.82) is 0 Å². The van der Waals surface area contributed by atoms with E-state index in [9.17, 15) is 18.0 Å². The summed E-state index contributed by atoms with van der Waals surface area (Å²) in [6.45, 7) is 1.32. The fourth-order valence-electron chi connectivity index (χ4n) is 2.05.